The zero-order valence-corrected chi connectivity index (χ0v) is 10.5. The molecule has 4 heterocycles. The Balaban J connectivity index is 1.78. The van der Waals surface area contributed by atoms with Crippen LogP contribution in [0.4, 0.5) is 5.82 Å². The first-order valence-corrected chi connectivity index (χ1v) is 6.73. The van der Waals surface area contributed by atoms with Crippen molar-refractivity contribution in [1.82, 2.24) is 19.5 Å². The fourth-order valence-electron chi connectivity index (χ4n) is 2.38. The van der Waals surface area contributed by atoms with Gasteiger partial charge in [-0.15, -0.1) is 11.3 Å². The smallest absolute Gasteiger partial charge is 0.141 e. The number of thiophene rings is 1. The molecule has 4 rings (SSSR count). The van der Waals surface area contributed by atoms with Crippen LogP contribution in [0.3, 0.4) is 0 Å². The average molecular weight is 257 g/mol. The van der Waals surface area contributed by atoms with Crippen molar-refractivity contribution in [2.45, 2.75) is 13.1 Å². The highest BCUT2D eigenvalue weighted by molar-refractivity contribution is 7.16. The molecule has 0 fully saturated rings. The Morgan fingerprint density at radius 2 is 2.17 bits per heavy atom. The van der Waals surface area contributed by atoms with Crippen molar-refractivity contribution in [1.29, 1.82) is 0 Å². The van der Waals surface area contributed by atoms with Crippen molar-refractivity contribution in [2.75, 3.05) is 11.4 Å². The molecule has 6 heteroatoms. The third kappa shape index (κ3) is 1.42. The minimum absolute atomic E-state index is 0.814. The van der Waals surface area contributed by atoms with Gasteiger partial charge in [0.15, 0.2) is 0 Å². The van der Waals surface area contributed by atoms with E-state index in [1.807, 2.05) is 12.4 Å². The molecule has 0 saturated heterocycles. The third-order valence-electron chi connectivity index (χ3n) is 3.29. The summed E-state index contributed by atoms with van der Waals surface area (Å²) in [5.41, 5.74) is 0. The van der Waals surface area contributed by atoms with E-state index in [1.165, 1.54) is 0 Å². The van der Waals surface area contributed by atoms with Gasteiger partial charge in [-0.2, -0.15) is 0 Å². The standard InChI is InChI=1S/C12H11N5S/c1-6-18-12-9(1)11(14-8-15-12)17-5-4-16-3-2-13-10(16)7-17/h1-3,6,8H,4-5,7H2. The van der Waals surface area contributed by atoms with E-state index in [-0.39, 0.29) is 0 Å². The van der Waals surface area contributed by atoms with E-state index >= 15 is 0 Å². The van der Waals surface area contributed by atoms with Gasteiger partial charge in [-0.25, -0.2) is 15.0 Å². The van der Waals surface area contributed by atoms with Crippen LogP contribution in [0.25, 0.3) is 10.2 Å². The molecule has 0 aromatic carbocycles. The monoisotopic (exact) mass is 257 g/mol. The normalized spacial score (nSPS) is 15.0. The highest BCUT2D eigenvalue weighted by atomic mass is 32.1. The first-order chi connectivity index (χ1) is 8.92. The molecule has 1 aliphatic rings. The molecule has 90 valence electrons. The van der Waals surface area contributed by atoms with Crippen LogP contribution in [0.1, 0.15) is 5.82 Å². The topological polar surface area (TPSA) is 46.8 Å². The van der Waals surface area contributed by atoms with Gasteiger partial charge in [-0.05, 0) is 11.4 Å². The number of fused-ring (bicyclic) bond motifs is 2. The Morgan fingerprint density at radius 1 is 1.17 bits per heavy atom. The molecule has 0 atom stereocenters. The second-order valence-corrected chi connectivity index (χ2v) is 5.19. The zero-order chi connectivity index (χ0) is 11.9. The van der Waals surface area contributed by atoms with Gasteiger partial charge in [0.2, 0.25) is 0 Å². The molecule has 1 aliphatic heterocycles. The molecular formula is C12H11N5S. The van der Waals surface area contributed by atoms with E-state index in [4.69, 9.17) is 0 Å². The van der Waals surface area contributed by atoms with Crippen LogP contribution in [0.5, 0.6) is 0 Å². The highest BCUT2D eigenvalue weighted by Crippen LogP contribution is 2.28. The summed E-state index contributed by atoms with van der Waals surface area (Å²) in [5, 5.41) is 3.20. The van der Waals surface area contributed by atoms with E-state index in [0.717, 1.165) is 41.5 Å². The van der Waals surface area contributed by atoms with Crippen LogP contribution >= 0.6 is 11.3 Å². The van der Waals surface area contributed by atoms with Gasteiger partial charge in [-0.1, -0.05) is 0 Å². The number of hydrogen-bond donors (Lipinski definition) is 0. The Hall–Kier alpha value is -1.95. The molecule has 0 radical (unpaired) electrons. The largest absolute Gasteiger partial charge is 0.347 e. The molecule has 3 aromatic heterocycles. The molecule has 0 aliphatic carbocycles. The summed E-state index contributed by atoms with van der Waals surface area (Å²) >= 11 is 1.65. The van der Waals surface area contributed by atoms with E-state index in [9.17, 15) is 0 Å². The van der Waals surface area contributed by atoms with Crippen LogP contribution < -0.4 is 4.90 Å². The molecule has 0 unspecified atom stereocenters. The molecule has 0 saturated carbocycles. The van der Waals surface area contributed by atoms with Crippen molar-refractivity contribution < 1.29 is 0 Å². The minimum atomic E-state index is 0.814. The van der Waals surface area contributed by atoms with E-state index in [0.29, 0.717) is 0 Å². The second-order valence-electron chi connectivity index (χ2n) is 4.30. The quantitative estimate of drug-likeness (QED) is 0.668. The van der Waals surface area contributed by atoms with Crippen LogP contribution in [0.2, 0.25) is 0 Å². The maximum Gasteiger partial charge on any atom is 0.141 e. The number of anilines is 1. The van der Waals surface area contributed by atoms with Crippen LogP contribution in [0, 0.1) is 0 Å². The fraction of sp³-hybridized carbons (Fsp3) is 0.250. The third-order valence-corrected chi connectivity index (χ3v) is 4.11. The van der Waals surface area contributed by atoms with E-state index in [1.54, 1.807) is 17.7 Å². The lowest BCUT2D eigenvalue weighted by Crippen LogP contribution is -2.34. The van der Waals surface area contributed by atoms with Crippen molar-refractivity contribution in [3.63, 3.8) is 0 Å². The van der Waals surface area contributed by atoms with Gasteiger partial charge in [0, 0.05) is 25.5 Å². The molecule has 0 spiro atoms. The first-order valence-electron chi connectivity index (χ1n) is 5.85. The van der Waals surface area contributed by atoms with Gasteiger partial charge in [0.1, 0.15) is 22.8 Å². The van der Waals surface area contributed by atoms with Gasteiger partial charge in [0.25, 0.3) is 0 Å². The van der Waals surface area contributed by atoms with E-state index < -0.39 is 0 Å². The lowest BCUT2D eigenvalue weighted by molar-refractivity contribution is 0.557. The predicted molar refractivity (Wildman–Crippen MR) is 70.7 cm³/mol. The van der Waals surface area contributed by atoms with Crippen molar-refractivity contribution >= 4 is 27.4 Å². The Kier molecular flexibility index (Phi) is 2.10. The van der Waals surface area contributed by atoms with Gasteiger partial charge < -0.3 is 9.47 Å². The molecule has 0 N–H and O–H groups in total. The zero-order valence-electron chi connectivity index (χ0n) is 9.65. The summed E-state index contributed by atoms with van der Waals surface area (Å²) < 4.78 is 2.20. The number of imidazole rings is 1. The average Bonchev–Trinajstić information content (AvgIpc) is 3.05. The van der Waals surface area contributed by atoms with Gasteiger partial charge in [-0.3, -0.25) is 0 Å². The Labute approximate surface area is 108 Å². The van der Waals surface area contributed by atoms with Crippen molar-refractivity contribution in [2.24, 2.45) is 0 Å². The predicted octanol–water partition coefficient (Wildman–Crippen LogP) is 1.91. The summed E-state index contributed by atoms with van der Waals surface area (Å²) in [6.07, 6.45) is 5.54. The summed E-state index contributed by atoms with van der Waals surface area (Å²) in [4.78, 5) is 16.4. The maximum absolute atomic E-state index is 4.44. The molecule has 3 aromatic rings. The molecule has 5 nitrogen and oxygen atoms in total. The lowest BCUT2D eigenvalue weighted by atomic mass is 10.3. The van der Waals surface area contributed by atoms with E-state index in [2.05, 4.69) is 35.9 Å². The maximum atomic E-state index is 4.44. The number of hydrogen-bond acceptors (Lipinski definition) is 5. The first kappa shape index (κ1) is 10.0. The van der Waals surface area contributed by atoms with Crippen LogP contribution in [-0.2, 0) is 13.1 Å². The number of rotatable bonds is 1. The SMILES string of the molecule is c1cn2c(n1)CN(c1ncnc3sccc13)CC2. The summed E-state index contributed by atoms with van der Waals surface area (Å²) in [6, 6.07) is 2.09. The van der Waals surface area contributed by atoms with Crippen molar-refractivity contribution in [3.8, 4) is 0 Å². The minimum Gasteiger partial charge on any atom is -0.347 e. The molecular weight excluding hydrogens is 246 g/mol. The highest BCUT2D eigenvalue weighted by Gasteiger charge is 2.19. The molecule has 0 bridgehead atoms. The number of aromatic nitrogens is 4. The lowest BCUT2D eigenvalue weighted by Gasteiger charge is -2.28. The summed E-state index contributed by atoms with van der Waals surface area (Å²) in [5.74, 6) is 2.12. The molecule has 18 heavy (non-hydrogen) atoms. The van der Waals surface area contributed by atoms with Gasteiger partial charge in [0.05, 0.1) is 11.9 Å². The summed E-state index contributed by atoms with van der Waals surface area (Å²) in [6.45, 7) is 2.74. The van der Waals surface area contributed by atoms with Crippen molar-refractivity contribution in [3.05, 3.63) is 36.0 Å². The fourth-order valence-corrected chi connectivity index (χ4v) is 3.11. The Bertz CT molecular complexity index is 701. The Morgan fingerprint density at radius 3 is 3.17 bits per heavy atom. The van der Waals surface area contributed by atoms with Gasteiger partial charge >= 0.3 is 0 Å². The van der Waals surface area contributed by atoms with Crippen LogP contribution in [0.15, 0.2) is 30.2 Å². The molecule has 0 amide bonds. The summed E-state index contributed by atoms with van der Waals surface area (Å²) in [7, 11) is 0. The second kappa shape index (κ2) is 3.78. The van der Waals surface area contributed by atoms with Crippen LogP contribution in [-0.4, -0.2) is 26.1 Å². The number of nitrogens with zero attached hydrogens (tertiary/aromatic N) is 5.